The predicted octanol–water partition coefficient (Wildman–Crippen LogP) is 1.42. The summed E-state index contributed by atoms with van der Waals surface area (Å²) in [7, 11) is -3.14. The van der Waals surface area contributed by atoms with Gasteiger partial charge in [-0.25, -0.2) is 12.8 Å². The van der Waals surface area contributed by atoms with Gasteiger partial charge >= 0.3 is 0 Å². The van der Waals surface area contributed by atoms with Gasteiger partial charge in [0.25, 0.3) is 0 Å². The molecule has 2 heterocycles. The summed E-state index contributed by atoms with van der Waals surface area (Å²) in [5.74, 6) is -0.993. The molecule has 5 nitrogen and oxygen atoms in total. The molecular weight excluding hydrogens is 307 g/mol. The normalized spacial score (nSPS) is 24.4. The monoisotopic (exact) mass is 318 g/mol. The van der Waals surface area contributed by atoms with Crippen LogP contribution in [-0.2, 0) is 14.6 Å². The van der Waals surface area contributed by atoms with Crippen LogP contribution in [0.2, 0.25) is 5.02 Å². The summed E-state index contributed by atoms with van der Waals surface area (Å²) in [5.41, 5.74) is 0.904. The van der Waals surface area contributed by atoms with Gasteiger partial charge in [0.2, 0.25) is 5.91 Å². The zero-order valence-corrected chi connectivity index (χ0v) is 12.0. The fraction of sp³-hybridized carbons (Fsp3) is 0.417. The minimum atomic E-state index is -3.14. The van der Waals surface area contributed by atoms with E-state index in [4.69, 9.17) is 11.6 Å². The van der Waals surface area contributed by atoms with Crippen molar-refractivity contribution >= 4 is 38.7 Å². The maximum Gasteiger partial charge on any atom is 0.226 e. The lowest BCUT2D eigenvalue weighted by Crippen LogP contribution is -2.48. The average molecular weight is 319 g/mol. The van der Waals surface area contributed by atoms with E-state index in [2.05, 4.69) is 5.32 Å². The van der Waals surface area contributed by atoms with Crippen LogP contribution in [0, 0.1) is 5.82 Å². The first kappa shape index (κ1) is 13.6. The van der Waals surface area contributed by atoms with Crippen LogP contribution in [0.3, 0.4) is 0 Å². The first-order valence-electron chi connectivity index (χ1n) is 6.12. The highest BCUT2D eigenvalue weighted by Crippen LogP contribution is 2.36. The van der Waals surface area contributed by atoms with Gasteiger partial charge in [0, 0.05) is 19.0 Å². The summed E-state index contributed by atoms with van der Waals surface area (Å²) in [6.45, 7) is 0.275. The third-order valence-electron chi connectivity index (χ3n) is 3.57. The molecule has 1 unspecified atom stereocenters. The van der Waals surface area contributed by atoms with Gasteiger partial charge < -0.3 is 10.2 Å². The standard InChI is InChI=1S/C12H12ClFN2O3S/c13-8-4-11-10(5-9(8)14)15-12(17)3-7-6-20(18,19)2-1-16(7)11/h4-5,7H,1-3,6H2,(H,15,17). The Morgan fingerprint density at radius 1 is 1.40 bits per heavy atom. The average Bonchev–Trinajstić information content (AvgIpc) is 2.44. The number of nitrogens with zero attached hydrogens (tertiary/aromatic N) is 1. The summed E-state index contributed by atoms with van der Waals surface area (Å²) in [4.78, 5) is 13.6. The first-order chi connectivity index (χ1) is 9.35. The van der Waals surface area contributed by atoms with Gasteiger partial charge in [-0.05, 0) is 6.07 Å². The minimum Gasteiger partial charge on any atom is -0.364 e. The van der Waals surface area contributed by atoms with Gasteiger partial charge in [0.15, 0.2) is 9.84 Å². The molecule has 0 saturated carbocycles. The van der Waals surface area contributed by atoms with E-state index in [1.807, 2.05) is 4.90 Å². The quantitative estimate of drug-likeness (QED) is 0.786. The predicted molar refractivity (Wildman–Crippen MR) is 74.4 cm³/mol. The van der Waals surface area contributed by atoms with Crippen LogP contribution in [-0.4, -0.2) is 38.4 Å². The number of hydrogen-bond donors (Lipinski definition) is 1. The lowest BCUT2D eigenvalue weighted by atomic mass is 10.1. The maximum absolute atomic E-state index is 13.5. The van der Waals surface area contributed by atoms with Crippen LogP contribution in [0.5, 0.6) is 0 Å². The van der Waals surface area contributed by atoms with E-state index in [0.29, 0.717) is 11.4 Å². The SMILES string of the molecule is O=C1CC2CS(=O)(=O)CCN2c2cc(Cl)c(F)cc2N1. The number of carbonyl (C=O) groups is 1. The zero-order chi connectivity index (χ0) is 14.5. The molecule has 0 bridgehead atoms. The zero-order valence-electron chi connectivity index (χ0n) is 10.4. The molecule has 3 rings (SSSR count). The molecule has 2 aliphatic rings. The molecule has 8 heteroatoms. The Morgan fingerprint density at radius 2 is 2.15 bits per heavy atom. The topological polar surface area (TPSA) is 66.5 Å². The second-order valence-electron chi connectivity index (χ2n) is 5.00. The van der Waals surface area contributed by atoms with E-state index in [0.717, 1.165) is 0 Å². The fourth-order valence-electron chi connectivity index (χ4n) is 2.66. The van der Waals surface area contributed by atoms with Gasteiger partial charge in [-0.1, -0.05) is 11.6 Å². The minimum absolute atomic E-state index is 0.0200. The largest absolute Gasteiger partial charge is 0.364 e. The van der Waals surface area contributed by atoms with E-state index in [-0.39, 0.29) is 35.4 Å². The number of nitrogens with one attached hydrogen (secondary N) is 1. The number of sulfone groups is 1. The van der Waals surface area contributed by atoms with Crippen LogP contribution >= 0.6 is 11.6 Å². The maximum atomic E-state index is 13.5. The molecule has 0 aliphatic carbocycles. The Labute approximate surface area is 120 Å². The Bertz CT molecular complexity index is 692. The van der Waals surface area contributed by atoms with Crippen LogP contribution in [0.15, 0.2) is 12.1 Å². The highest BCUT2D eigenvalue weighted by atomic mass is 35.5. The van der Waals surface area contributed by atoms with Crippen molar-refractivity contribution in [2.24, 2.45) is 0 Å². The molecule has 1 aromatic carbocycles. The van der Waals surface area contributed by atoms with Crippen molar-refractivity contribution in [1.82, 2.24) is 0 Å². The molecular formula is C12H12ClFN2O3S. The number of anilines is 2. The highest BCUT2D eigenvalue weighted by Gasteiger charge is 2.36. The van der Waals surface area contributed by atoms with Crippen molar-refractivity contribution in [3.8, 4) is 0 Å². The van der Waals surface area contributed by atoms with E-state index < -0.39 is 21.7 Å². The summed E-state index contributed by atoms with van der Waals surface area (Å²) >= 11 is 5.79. The molecule has 20 heavy (non-hydrogen) atoms. The Morgan fingerprint density at radius 3 is 2.90 bits per heavy atom. The van der Waals surface area contributed by atoms with Gasteiger partial charge in [-0.2, -0.15) is 0 Å². The Hall–Kier alpha value is -1.34. The molecule has 0 spiro atoms. The molecule has 0 radical (unpaired) electrons. The van der Waals surface area contributed by atoms with Crippen LogP contribution in [0.1, 0.15) is 6.42 Å². The fourth-order valence-corrected chi connectivity index (χ4v) is 4.35. The van der Waals surface area contributed by atoms with Crippen molar-refractivity contribution in [2.45, 2.75) is 12.5 Å². The molecule has 1 aromatic rings. The molecule has 1 N–H and O–H groups in total. The third-order valence-corrected chi connectivity index (χ3v) is 5.56. The second kappa shape index (κ2) is 4.60. The van der Waals surface area contributed by atoms with E-state index >= 15 is 0 Å². The summed E-state index contributed by atoms with van der Waals surface area (Å²) < 4.78 is 36.9. The van der Waals surface area contributed by atoms with Crippen LogP contribution in [0.25, 0.3) is 0 Å². The van der Waals surface area contributed by atoms with Crippen molar-refractivity contribution in [1.29, 1.82) is 0 Å². The van der Waals surface area contributed by atoms with Crippen molar-refractivity contribution in [3.63, 3.8) is 0 Å². The summed E-state index contributed by atoms with van der Waals surface area (Å²) in [6.07, 6.45) is 0.0626. The van der Waals surface area contributed by atoms with Gasteiger partial charge in [0.05, 0.1) is 33.9 Å². The number of benzene rings is 1. The van der Waals surface area contributed by atoms with E-state index in [1.54, 1.807) is 0 Å². The summed E-state index contributed by atoms with van der Waals surface area (Å²) in [6, 6.07) is 2.17. The number of rotatable bonds is 0. The molecule has 2 aliphatic heterocycles. The van der Waals surface area contributed by atoms with Crippen LogP contribution in [0.4, 0.5) is 15.8 Å². The van der Waals surface area contributed by atoms with E-state index in [9.17, 15) is 17.6 Å². The number of hydrogen-bond acceptors (Lipinski definition) is 4. The van der Waals surface area contributed by atoms with Gasteiger partial charge in [0.1, 0.15) is 5.82 Å². The first-order valence-corrected chi connectivity index (χ1v) is 8.31. The lowest BCUT2D eigenvalue weighted by molar-refractivity contribution is -0.116. The van der Waals surface area contributed by atoms with Crippen molar-refractivity contribution in [3.05, 3.63) is 23.0 Å². The lowest BCUT2D eigenvalue weighted by Gasteiger charge is -2.35. The van der Waals surface area contributed by atoms with Gasteiger partial charge in [-0.15, -0.1) is 0 Å². The summed E-state index contributed by atoms with van der Waals surface area (Å²) in [5, 5.41) is 2.55. The number of amides is 1. The second-order valence-corrected chi connectivity index (χ2v) is 7.63. The molecule has 1 fully saturated rings. The number of halogens is 2. The Kier molecular flexibility index (Phi) is 3.13. The molecule has 1 amide bonds. The van der Waals surface area contributed by atoms with Gasteiger partial charge in [-0.3, -0.25) is 4.79 Å². The molecule has 0 aromatic heterocycles. The third kappa shape index (κ3) is 2.35. The van der Waals surface area contributed by atoms with Crippen LogP contribution < -0.4 is 10.2 Å². The number of carbonyl (C=O) groups excluding carboxylic acids is 1. The molecule has 108 valence electrons. The number of fused-ring (bicyclic) bond motifs is 3. The molecule has 1 saturated heterocycles. The Balaban J connectivity index is 2.10. The van der Waals surface area contributed by atoms with E-state index in [1.165, 1.54) is 12.1 Å². The highest BCUT2D eigenvalue weighted by molar-refractivity contribution is 7.91. The van der Waals surface area contributed by atoms with Crippen molar-refractivity contribution in [2.75, 3.05) is 28.3 Å². The smallest absolute Gasteiger partial charge is 0.226 e. The molecule has 1 atom stereocenters. The van der Waals surface area contributed by atoms with Crippen molar-refractivity contribution < 1.29 is 17.6 Å².